The van der Waals surface area contributed by atoms with Gasteiger partial charge in [0.15, 0.2) is 5.88 Å². The highest BCUT2D eigenvalue weighted by molar-refractivity contribution is 6.22. The molecule has 0 saturated carbocycles. The molecule has 4 N–H and O–H groups in total. The molecule has 1 aromatic heterocycles. The van der Waals surface area contributed by atoms with E-state index in [1.165, 1.54) is 24.1 Å². The Morgan fingerprint density at radius 3 is 2.47 bits per heavy atom. The molecule has 4 aromatic rings. The van der Waals surface area contributed by atoms with E-state index in [9.17, 15) is 19.1 Å². The van der Waals surface area contributed by atoms with Gasteiger partial charge >= 0.3 is 5.97 Å². The van der Waals surface area contributed by atoms with Crippen LogP contribution in [-0.2, 0) is 20.7 Å². The van der Waals surface area contributed by atoms with E-state index < -0.39 is 11.4 Å². The second-order valence-corrected chi connectivity index (χ2v) is 9.55. The summed E-state index contributed by atoms with van der Waals surface area (Å²) in [6, 6.07) is 18.3. The zero-order valence-corrected chi connectivity index (χ0v) is 21.6. The standard InChI is InChI=1S/C29H29FN4O4/c1-29(2,31)28(37)34(3)21-11-9-20(10-12-21)32-26(18-7-5-6-17(14-18)15-24(35)38-4)25-22-13-8-19(30)16-23(22)33-27(25)36/h5-14,16,33,36H,15,31H2,1-4H3. The number of hydrogen-bond acceptors (Lipinski definition) is 6. The summed E-state index contributed by atoms with van der Waals surface area (Å²) >= 11 is 0. The third-order valence-corrected chi connectivity index (χ3v) is 6.09. The Kier molecular flexibility index (Phi) is 7.32. The summed E-state index contributed by atoms with van der Waals surface area (Å²) in [5.41, 5.74) is 8.66. The van der Waals surface area contributed by atoms with Crippen LogP contribution >= 0.6 is 0 Å². The number of nitrogens with one attached hydrogen (secondary N) is 1. The largest absolute Gasteiger partial charge is 0.494 e. The van der Waals surface area contributed by atoms with Crippen LogP contribution in [0, 0.1) is 5.82 Å². The molecule has 4 rings (SSSR count). The molecule has 38 heavy (non-hydrogen) atoms. The van der Waals surface area contributed by atoms with E-state index in [-0.39, 0.29) is 24.2 Å². The lowest BCUT2D eigenvalue weighted by molar-refractivity contribution is -0.139. The van der Waals surface area contributed by atoms with Gasteiger partial charge in [-0.15, -0.1) is 0 Å². The van der Waals surface area contributed by atoms with Crippen LogP contribution in [0.15, 0.2) is 71.7 Å². The molecule has 0 aliphatic heterocycles. The van der Waals surface area contributed by atoms with Crippen molar-refractivity contribution in [2.45, 2.75) is 25.8 Å². The molecule has 9 heteroatoms. The Morgan fingerprint density at radius 2 is 1.82 bits per heavy atom. The van der Waals surface area contributed by atoms with E-state index >= 15 is 0 Å². The Morgan fingerprint density at radius 1 is 1.11 bits per heavy atom. The fourth-order valence-corrected chi connectivity index (χ4v) is 4.16. The third kappa shape index (κ3) is 5.57. The highest BCUT2D eigenvalue weighted by Crippen LogP contribution is 2.32. The molecule has 0 radical (unpaired) electrons. The Bertz CT molecular complexity index is 1530. The van der Waals surface area contributed by atoms with Crippen LogP contribution in [0.25, 0.3) is 10.9 Å². The average molecular weight is 517 g/mol. The number of benzene rings is 3. The Balaban J connectivity index is 1.83. The minimum Gasteiger partial charge on any atom is -0.494 e. The van der Waals surface area contributed by atoms with Crippen LogP contribution in [-0.4, -0.2) is 47.4 Å². The van der Waals surface area contributed by atoms with Crippen LogP contribution in [0.2, 0.25) is 0 Å². The van der Waals surface area contributed by atoms with Crippen molar-refractivity contribution < 1.29 is 23.8 Å². The number of aromatic nitrogens is 1. The van der Waals surface area contributed by atoms with E-state index in [4.69, 9.17) is 15.5 Å². The van der Waals surface area contributed by atoms with Crippen molar-refractivity contribution in [1.82, 2.24) is 4.98 Å². The van der Waals surface area contributed by atoms with E-state index in [0.29, 0.717) is 44.7 Å². The van der Waals surface area contributed by atoms with Crippen LogP contribution in [0.3, 0.4) is 0 Å². The van der Waals surface area contributed by atoms with Crippen molar-refractivity contribution in [1.29, 1.82) is 0 Å². The minimum absolute atomic E-state index is 0.0647. The number of amides is 1. The summed E-state index contributed by atoms with van der Waals surface area (Å²) in [5, 5.41) is 11.4. The highest BCUT2D eigenvalue weighted by atomic mass is 19.1. The molecule has 3 aromatic carbocycles. The number of aliphatic imine (C=N–C) groups is 1. The minimum atomic E-state index is -1.03. The maximum absolute atomic E-state index is 13.9. The number of carbonyl (C=O) groups excluding carboxylic acids is 2. The molecule has 0 saturated heterocycles. The van der Waals surface area contributed by atoms with Crippen molar-refractivity contribution in [2.75, 3.05) is 19.1 Å². The second-order valence-electron chi connectivity index (χ2n) is 9.55. The van der Waals surface area contributed by atoms with E-state index in [1.807, 2.05) is 6.07 Å². The van der Waals surface area contributed by atoms with Crippen molar-refractivity contribution in [2.24, 2.45) is 10.7 Å². The summed E-state index contributed by atoms with van der Waals surface area (Å²) in [7, 11) is 2.97. The average Bonchev–Trinajstić information content (AvgIpc) is 3.20. The molecule has 0 atom stereocenters. The first-order valence-corrected chi connectivity index (χ1v) is 11.9. The molecule has 0 unspecified atom stereocenters. The molecular formula is C29H29FN4O4. The van der Waals surface area contributed by atoms with Gasteiger partial charge in [-0.3, -0.25) is 9.59 Å². The molecule has 0 spiro atoms. The third-order valence-electron chi connectivity index (χ3n) is 6.09. The lowest BCUT2D eigenvalue weighted by Gasteiger charge is -2.25. The van der Waals surface area contributed by atoms with E-state index in [0.717, 1.165) is 0 Å². The lowest BCUT2D eigenvalue weighted by Crippen LogP contribution is -2.49. The number of H-pyrrole nitrogens is 1. The second kappa shape index (κ2) is 10.5. The highest BCUT2D eigenvalue weighted by Gasteiger charge is 2.26. The number of nitrogens with zero attached hydrogens (tertiary/aromatic N) is 2. The number of nitrogens with two attached hydrogens (primary N) is 1. The summed E-state index contributed by atoms with van der Waals surface area (Å²) in [6.45, 7) is 3.29. The van der Waals surface area contributed by atoms with Crippen molar-refractivity contribution in [3.05, 3.63) is 89.2 Å². The molecule has 0 bridgehead atoms. The number of hydrogen-bond donors (Lipinski definition) is 3. The van der Waals surface area contributed by atoms with Crippen LogP contribution in [0.1, 0.15) is 30.5 Å². The normalized spacial score (nSPS) is 12.0. The molecule has 0 aliphatic carbocycles. The van der Waals surface area contributed by atoms with Gasteiger partial charge in [-0.25, -0.2) is 9.38 Å². The predicted octanol–water partition coefficient (Wildman–Crippen LogP) is 4.60. The number of methoxy groups -OCH3 is 1. The van der Waals surface area contributed by atoms with Crippen molar-refractivity contribution in [3.8, 4) is 5.88 Å². The van der Waals surface area contributed by atoms with Gasteiger partial charge in [-0.1, -0.05) is 18.2 Å². The first-order valence-electron chi connectivity index (χ1n) is 11.9. The topological polar surface area (TPSA) is 121 Å². The number of anilines is 1. The van der Waals surface area contributed by atoms with Crippen LogP contribution < -0.4 is 10.6 Å². The van der Waals surface area contributed by atoms with Crippen LogP contribution in [0.5, 0.6) is 5.88 Å². The molecule has 0 fully saturated rings. The summed E-state index contributed by atoms with van der Waals surface area (Å²) in [5.74, 6) is -1.25. The quantitative estimate of drug-likeness (QED) is 0.245. The van der Waals surface area contributed by atoms with E-state index in [1.54, 1.807) is 69.4 Å². The number of esters is 1. The Labute approximate surface area is 219 Å². The fraction of sp³-hybridized carbons (Fsp3) is 0.207. The van der Waals surface area contributed by atoms with Gasteiger partial charge in [0.25, 0.3) is 0 Å². The van der Waals surface area contributed by atoms with Gasteiger partial charge in [-0.2, -0.15) is 0 Å². The monoisotopic (exact) mass is 516 g/mol. The number of aromatic amines is 1. The lowest BCUT2D eigenvalue weighted by atomic mass is 9.98. The van der Waals surface area contributed by atoms with E-state index in [2.05, 4.69) is 4.98 Å². The van der Waals surface area contributed by atoms with Gasteiger partial charge in [0, 0.05) is 23.7 Å². The summed E-state index contributed by atoms with van der Waals surface area (Å²) in [6.07, 6.45) is 0.0647. The molecular weight excluding hydrogens is 487 g/mol. The van der Waals surface area contributed by atoms with Crippen molar-refractivity contribution >= 4 is 39.9 Å². The summed E-state index contributed by atoms with van der Waals surface area (Å²) in [4.78, 5) is 33.6. The number of fused-ring (bicyclic) bond motifs is 1. The van der Waals surface area contributed by atoms with Gasteiger partial charge in [0.1, 0.15) is 5.82 Å². The number of ether oxygens (including phenoxy) is 1. The molecule has 0 aliphatic rings. The number of carbonyl (C=O) groups is 2. The molecule has 1 amide bonds. The predicted molar refractivity (Wildman–Crippen MR) is 146 cm³/mol. The number of rotatable bonds is 7. The molecule has 8 nitrogen and oxygen atoms in total. The SMILES string of the molecule is COC(=O)Cc1cccc(C(=Nc2ccc(N(C)C(=O)C(C)(C)N)cc2)c2c(O)[nH]c3cc(F)ccc23)c1. The smallest absolute Gasteiger partial charge is 0.309 e. The van der Waals surface area contributed by atoms with Gasteiger partial charge in [-0.05, 0) is 67.9 Å². The number of halogens is 1. The van der Waals surface area contributed by atoms with Gasteiger partial charge in [0.05, 0.1) is 41.5 Å². The van der Waals surface area contributed by atoms with Crippen LogP contribution in [0.4, 0.5) is 15.8 Å². The number of likely N-dealkylation sites (N-methyl/N-ethyl adjacent to an activating group) is 1. The Hall–Kier alpha value is -4.50. The number of aromatic hydroxyl groups is 1. The molecule has 1 heterocycles. The maximum atomic E-state index is 13.9. The first-order chi connectivity index (χ1) is 18.0. The van der Waals surface area contributed by atoms with Gasteiger partial charge < -0.3 is 25.5 Å². The summed E-state index contributed by atoms with van der Waals surface area (Å²) < 4.78 is 18.7. The zero-order chi connectivity index (χ0) is 27.6. The first kappa shape index (κ1) is 26.6. The zero-order valence-electron chi connectivity index (χ0n) is 21.6. The van der Waals surface area contributed by atoms with Gasteiger partial charge in [0.2, 0.25) is 5.91 Å². The molecule has 196 valence electrons. The maximum Gasteiger partial charge on any atom is 0.309 e. The fourth-order valence-electron chi connectivity index (χ4n) is 4.16. The van der Waals surface area contributed by atoms with Crippen molar-refractivity contribution in [3.63, 3.8) is 0 Å².